The second-order valence-corrected chi connectivity index (χ2v) is 2.58. The molecule has 0 aliphatic carbocycles. The van der Waals surface area contributed by atoms with Crippen LogP contribution in [0.2, 0.25) is 0 Å². The van der Waals surface area contributed by atoms with Gasteiger partial charge < -0.3 is 0 Å². The normalized spacial score (nSPS) is 10.4. The van der Waals surface area contributed by atoms with Gasteiger partial charge in [-0.1, -0.05) is 31.5 Å². The third-order valence-corrected chi connectivity index (χ3v) is 1.48. The van der Waals surface area contributed by atoms with E-state index in [-0.39, 0.29) is 0 Å². The molecule has 1 N–H and O–H groups in total. The van der Waals surface area contributed by atoms with Gasteiger partial charge in [0.1, 0.15) is 0 Å². The maximum atomic E-state index is 4.06. The molecule has 0 fully saturated rings. The molecule has 0 spiro atoms. The number of hydrogen-bond acceptors (Lipinski definition) is 2. The average molecular weight is 162 g/mol. The fraction of sp³-hybridized carbons (Fsp3) is 0.300. The maximum absolute atomic E-state index is 4.06. The van der Waals surface area contributed by atoms with Crippen molar-refractivity contribution in [3.05, 3.63) is 30.3 Å². The number of unbranched alkanes of at least 4 members (excludes halogenated alkanes) is 1. The molecule has 0 aliphatic rings. The third kappa shape index (κ3) is 3.19. The predicted octanol–water partition coefficient (Wildman–Crippen LogP) is 2.88. The van der Waals surface area contributed by atoms with Crippen LogP contribution in [0.5, 0.6) is 0 Å². The summed E-state index contributed by atoms with van der Waals surface area (Å²) in [6, 6.07) is 9.93. The van der Waals surface area contributed by atoms with Crippen molar-refractivity contribution < 1.29 is 0 Å². The van der Waals surface area contributed by atoms with Crippen molar-refractivity contribution in [2.24, 2.45) is 5.10 Å². The van der Waals surface area contributed by atoms with E-state index in [1.54, 1.807) is 0 Å². The SMILES string of the molecule is CCCC=NNc1ccccc1. The van der Waals surface area contributed by atoms with Gasteiger partial charge in [-0.2, -0.15) is 5.10 Å². The number of para-hydroxylation sites is 1. The highest BCUT2D eigenvalue weighted by Crippen LogP contribution is 2.03. The zero-order valence-electron chi connectivity index (χ0n) is 7.33. The first kappa shape index (κ1) is 8.78. The quantitative estimate of drug-likeness (QED) is 0.534. The second kappa shape index (κ2) is 5.35. The van der Waals surface area contributed by atoms with Gasteiger partial charge >= 0.3 is 0 Å². The lowest BCUT2D eigenvalue weighted by atomic mass is 10.3. The number of anilines is 1. The molecule has 0 amide bonds. The molecule has 1 aromatic carbocycles. The molecule has 1 rings (SSSR count). The Hall–Kier alpha value is -1.31. The zero-order chi connectivity index (χ0) is 8.65. The van der Waals surface area contributed by atoms with Crippen molar-refractivity contribution in [2.45, 2.75) is 19.8 Å². The van der Waals surface area contributed by atoms with Gasteiger partial charge in [0.2, 0.25) is 0 Å². The van der Waals surface area contributed by atoms with Gasteiger partial charge in [0.25, 0.3) is 0 Å². The molecule has 2 nitrogen and oxygen atoms in total. The molecule has 12 heavy (non-hydrogen) atoms. The number of hydrogen-bond donors (Lipinski definition) is 1. The Morgan fingerprint density at radius 1 is 1.33 bits per heavy atom. The van der Waals surface area contributed by atoms with Crippen LogP contribution >= 0.6 is 0 Å². The minimum absolute atomic E-state index is 1.03. The van der Waals surface area contributed by atoms with Crippen molar-refractivity contribution >= 4 is 11.9 Å². The number of rotatable bonds is 4. The second-order valence-electron chi connectivity index (χ2n) is 2.58. The first-order valence-electron chi connectivity index (χ1n) is 4.26. The number of hydrazone groups is 1. The van der Waals surface area contributed by atoms with Crippen molar-refractivity contribution in [3.63, 3.8) is 0 Å². The zero-order valence-corrected chi connectivity index (χ0v) is 7.33. The highest BCUT2D eigenvalue weighted by Gasteiger charge is 1.82. The van der Waals surface area contributed by atoms with E-state index in [9.17, 15) is 0 Å². The number of nitrogens with zero attached hydrogens (tertiary/aromatic N) is 1. The van der Waals surface area contributed by atoms with E-state index < -0.39 is 0 Å². The molecule has 0 saturated carbocycles. The van der Waals surface area contributed by atoms with E-state index in [1.807, 2.05) is 36.5 Å². The van der Waals surface area contributed by atoms with Gasteiger partial charge in [0.15, 0.2) is 0 Å². The van der Waals surface area contributed by atoms with Crippen LogP contribution in [0.4, 0.5) is 5.69 Å². The van der Waals surface area contributed by atoms with Crippen molar-refractivity contribution in [3.8, 4) is 0 Å². The van der Waals surface area contributed by atoms with Gasteiger partial charge in [0.05, 0.1) is 5.69 Å². The van der Waals surface area contributed by atoms with E-state index in [1.165, 1.54) is 0 Å². The van der Waals surface area contributed by atoms with Crippen LogP contribution in [0.25, 0.3) is 0 Å². The van der Waals surface area contributed by atoms with Crippen LogP contribution in [0.3, 0.4) is 0 Å². The molecule has 0 aromatic heterocycles. The lowest BCUT2D eigenvalue weighted by molar-refractivity contribution is 1.00. The summed E-state index contributed by atoms with van der Waals surface area (Å²) in [6.45, 7) is 2.13. The Bertz CT molecular complexity index is 229. The predicted molar refractivity (Wildman–Crippen MR) is 53.5 cm³/mol. The fourth-order valence-electron chi connectivity index (χ4n) is 0.827. The summed E-state index contributed by atoms with van der Waals surface area (Å²) in [5.41, 5.74) is 3.98. The number of benzene rings is 1. The molecule has 0 radical (unpaired) electrons. The van der Waals surface area contributed by atoms with E-state index in [4.69, 9.17) is 0 Å². The standard InChI is InChI=1S/C10H14N2/c1-2-3-9-11-12-10-7-5-4-6-8-10/h4-9,12H,2-3H2,1H3. The van der Waals surface area contributed by atoms with Gasteiger partial charge in [-0.25, -0.2) is 0 Å². The van der Waals surface area contributed by atoms with Gasteiger partial charge in [-0.05, 0) is 18.6 Å². The molecule has 2 heteroatoms. The van der Waals surface area contributed by atoms with Crippen LogP contribution in [-0.4, -0.2) is 6.21 Å². The first-order valence-corrected chi connectivity index (χ1v) is 4.26. The molecule has 0 heterocycles. The Kier molecular flexibility index (Phi) is 3.92. The Balaban J connectivity index is 2.33. The lowest BCUT2D eigenvalue weighted by Gasteiger charge is -1.97. The Morgan fingerprint density at radius 3 is 2.75 bits per heavy atom. The largest absolute Gasteiger partial charge is 0.279 e. The van der Waals surface area contributed by atoms with Gasteiger partial charge in [0, 0.05) is 6.21 Å². The van der Waals surface area contributed by atoms with Crippen LogP contribution < -0.4 is 5.43 Å². The minimum Gasteiger partial charge on any atom is -0.279 e. The van der Waals surface area contributed by atoms with E-state index >= 15 is 0 Å². The molecule has 0 atom stereocenters. The summed E-state index contributed by atoms with van der Waals surface area (Å²) < 4.78 is 0. The van der Waals surface area contributed by atoms with Crippen molar-refractivity contribution in [1.29, 1.82) is 0 Å². The molecule has 0 bridgehead atoms. The maximum Gasteiger partial charge on any atom is 0.0561 e. The van der Waals surface area contributed by atoms with Crippen LogP contribution in [0.1, 0.15) is 19.8 Å². The van der Waals surface area contributed by atoms with Crippen LogP contribution in [0, 0.1) is 0 Å². The van der Waals surface area contributed by atoms with E-state index in [0.717, 1.165) is 18.5 Å². The topological polar surface area (TPSA) is 24.4 Å². The average Bonchev–Trinajstić information content (AvgIpc) is 2.14. The van der Waals surface area contributed by atoms with Crippen LogP contribution in [-0.2, 0) is 0 Å². The fourth-order valence-corrected chi connectivity index (χ4v) is 0.827. The Labute approximate surface area is 73.3 Å². The first-order chi connectivity index (χ1) is 5.93. The lowest BCUT2D eigenvalue weighted by Crippen LogP contribution is -1.87. The minimum atomic E-state index is 1.03. The molecule has 0 saturated heterocycles. The molecule has 1 aromatic rings. The summed E-state index contributed by atoms with van der Waals surface area (Å²) >= 11 is 0. The molecule has 0 aliphatic heterocycles. The third-order valence-electron chi connectivity index (χ3n) is 1.48. The summed E-state index contributed by atoms with van der Waals surface area (Å²) in [4.78, 5) is 0. The highest BCUT2D eigenvalue weighted by molar-refractivity contribution is 5.59. The van der Waals surface area contributed by atoms with Crippen molar-refractivity contribution in [2.75, 3.05) is 5.43 Å². The summed E-state index contributed by atoms with van der Waals surface area (Å²) in [6.07, 6.45) is 4.06. The summed E-state index contributed by atoms with van der Waals surface area (Å²) in [5.74, 6) is 0. The monoisotopic (exact) mass is 162 g/mol. The van der Waals surface area contributed by atoms with Gasteiger partial charge in [-0.15, -0.1) is 0 Å². The molecular formula is C10H14N2. The van der Waals surface area contributed by atoms with Crippen molar-refractivity contribution in [1.82, 2.24) is 0 Å². The van der Waals surface area contributed by atoms with Crippen LogP contribution in [0.15, 0.2) is 35.4 Å². The van der Waals surface area contributed by atoms with E-state index in [0.29, 0.717) is 0 Å². The van der Waals surface area contributed by atoms with Gasteiger partial charge in [-0.3, -0.25) is 5.43 Å². The van der Waals surface area contributed by atoms with E-state index in [2.05, 4.69) is 17.5 Å². The highest BCUT2D eigenvalue weighted by atomic mass is 15.3. The number of nitrogens with one attached hydrogen (secondary N) is 1. The summed E-state index contributed by atoms with van der Waals surface area (Å²) in [7, 11) is 0. The molecule has 64 valence electrons. The summed E-state index contributed by atoms with van der Waals surface area (Å²) in [5, 5.41) is 4.06. The Morgan fingerprint density at radius 2 is 2.08 bits per heavy atom. The smallest absolute Gasteiger partial charge is 0.0561 e. The molecular weight excluding hydrogens is 148 g/mol. The molecule has 0 unspecified atom stereocenters.